The van der Waals surface area contributed by atoms with Crippen molar-refractivity contribution in [2.75, 3.05) is 19.7 Å². The molecule has 0 spiro atoms. The van der Waals surface area contributed by atoms with Gasteiger partial charge in [0.15, 0.2) is 0 Å². The molecule has 0 atom stereocenters. The third-order valence-corrected chi connectivity index (χ3v) is 5.53. The standard InChI is InChI=1S/C19H20BrClN2O2/c20-16-4-2-1-3-15(16)11-19(24)23-9-6-14(7-10-23)13-25-18-5-8-22-12-17(18)21/h1-5,8,12,14H,6-7,9-11,13H2. The monoisotopic (exact) mass is 422 g/mol. The Morgan fingerprint density at radius 3 is 2.76 bits per heavy atom. The Balaban J connectivity index is 1.46. The van der Waals surface area contributed by atoms with Crippen LogP contribution >= 0.6 is 27.5 Å². The number of nitrogens with zero attached hydrogens (tertiary/aromatic N) is 2. The molecule has 0 N–H and O–H groups in total. The number of carbonyl (C=O) groups excluding carboxylic acids is 1. The molecule has 0 unspecified atom stereocenters. The first kappa shape index (κ1) is 18.2. The van der Waals surface area contributed by atoms with E-state index in [4.69, 9.17) is 16.3 Å². The lowest BCUT2D eigenvalue weighted by Crippen LogP contribution is -2.40. The number of aromatic nitrogens is 1. The van der Waals surface area contributed by atoms with E-state index in [-0.39, 0.29) is 5.91 Å². The van der Waals surface area contributed by atoms with Crippen LogP contribution in [0.4, 0.5) is 0 Å². The summed E-state index contributed by atoms with van der Waals surface area (Å²) in [5, 5.41) is 0.531. The number of hydrogen-bond donors (Lipinski definition) is 0. The van der Waals surface area contributed by atoms with Crippen LogP contribution in [0.2, 0.25) is 5.02 Å². The number of rotatable bonds is 5. The van der Waals surface area contributed by atoms with Gasteiger partial charge in [-0.15, -0.1) is 0 Å². The van der Waals surface area contributed by atoms with Gasteiger partial charge in [0.2, 0.25) is 5.91 Å². The molecule has 25 heavy (non-hydrogen) atoms. The molecule has 1 aliphatic rings. The summed E-state index contributed by atoms with van der Waals surface area (Å²) in [4.78, 5) is 18.4. The van der Waals surface area contributed by atoms with E-state index in [9.17, 15) is 4.79 Å². The number of ether oxygens (including phenoxy) is 1. The molecule has 0 radical (unpaired) electrons. The number of piperidine rings is 1. The van der Waals surface area contributed by atoms with E-state index in [0.717, 1.165) is 36.0 Å². The molecule has 1 aliphatic heterocycles. The zero-order chi connectivity index (χ0) is 17.6. The Labute approximate surface area is 161 Å². The lowest BCUT2D eigenvalue weighted by Gasteiger charge is -2.32. The summed E-state index contributed by atoms with van der Waals surface area (Å²) in [7, 11) is 0. The predicted octanol–water partition coefficient (Wildman–Crippen LogP) is 4.36. The Morgan fingerprint density at radius 2 is 2.04 bits per heavy atom. The third kappa shape index (κ3) is 4.95. The van der Waals surface area contributed by atoms with Crippen LogP contribution < -0.4 is 4.74 Å². The number of halogens is 2. The van der Waals surface area contributed by atoms with Gasteiger partial charge < -0.3 is 9.64 Å². The van der Waals surface area contributed by atoms with E-state index < -0.39 is 0 Å². The van der Waals surface area contributed by atoms with Gasteiger partial charge >= 0.3 is 0 Å². The summed E-state index contributed by atoms with van der Waals surface area (Å²) in [6, 6.07) is 9.65. The lowest BCUT2D eigenvalue weighted by molar-refractivity contribution is -0.132. The van der Waals surface area contributed by atoms with Crippen LogP contribution in [0, 0.1) is 5.92 Å². The molecule has 2 heterocycles. The topological polar surface area (TPSA) is 42.4 Å². The third-order valence-electron chi connectivity index (χ3n) is 4.48. The number of amides is 1. The number of carbonyl (C=O) groups is 1. The summed E-state index contributed by atoms with van der Waals surface area (Å²) >= 11 is 9.56. The molecule has 132 valence electrons. The second kappa shape index (κ2) is 8.68. The van der Waals surface area contributed by atoms with Crippen molar-refractivity contribution < 1.29 is 9.53 Å². The van der Waals surface area contributed by atoms with E-state index in [1.807, 2.05) is 29.2 Å². The van der Waals surface area contributed by atoms with Crippen molar-refractivity contribution >= 4 is 33.4 Å². The Morgan fingerprint density at radius 1 is 1.28 bits per heavy atom. The smallest absolute Gasteiger partial charge is 0.227 e. The maximum atomic E-state index is 12.5. The maximum Gasteiger partial charge on any atom is 0.227 e. The average Bonchev–Trinajstić information content (AvgIpc) is 2.63. The first-order chi connectivity index (χ1) is 12.1. The normalized spacial score (nSPS) is 15.2. The largest absolute Gasteiger partial charge is 0.492 e. The Kier molecular flexibility index (Phi) is 6.32. The molecule has 1 aromatic carbocycles. The minimum Gasteiger partial charge on any atom is -0.492 e. The molecule has 1 saturated heterocycles. The minimum absolute atomic E-state index is 0.184. The van der Waals surface area contributed by atoms with Gasteiger partial charge in [-0.25, -0.2) is 0 Å². The van der Waals surface area contributed by atoms with Gasteiger partial charge in [-0.2, -0.15) is 0 Å². The molecule has 6 heteroatoms. The van der Waals surface area contributed by atoms with Crippen molar-refractivity contribution in [3.05, 3.63) is 57.8 Å². The van der Waals surface area contributed by atoms with Crippen LogP contribution in [-0.2, 0) is 11.2 Å². The van der Waals surface area contributed by atoms with Crippen molar-refractivity contribution in [1.82, 2.24) is 9.88 Å². The first-order valence-corrected chi connectivity index (χ1v) is 9.54. The van der Waals surface area contributed by atoms with Gasteiger partial charge in [-0.3, -0.25) is 9.78 Å². The maximum absolute atomic E-state index is 12.5. The number of hydrogen-bond acceptors (Lipinski definition) is 3. The quantitative estimate of drug-likeness (QED) is 0.718. The summed E-state index contributed by atoms with van der Waals surface area (Å²) in [6.07, 6.45) is 5.59. The highest BCUT2D eigenvalue weighted by Crippen LogP contribution is 2.25. The second-order valence-electron chi connectivity index (χ2n) is 6.21. The molecule has 1 amide bonds. The van der Waals surface area contributed by atoms with Crippen LogP contribution in [-0.4, -0.2) is 35.5 Å². The van der Waals surface area contributed by atoms with Crippen molar-refractivity contribution in [3.8, 4) is 5.75 Å². The van der Waals surface area contributed by atoms with Crippen LogP contribution in [0.5, 0.6) is 5.75 Å². The predicted molar refractivity (Wildman–Crippen MR) is 102 cm³/mol. The Bertz CT molecular complexity index is 733. The van der Waals surface area contributed by atoms with Crippen LogP contribution in [0.15, 0.2) is 47.2 Å². The minimum atomic E-state index is 0.184. The molecular formula is C19H20BrClN2O2. The SMILES string of the molecule is O=C(Cc1ccccc1Br)N1CCC(COc2ccncc2Cl)CC1. The molecule has 0 bridgehead atoms. The Hall–Kier alpha value is -1.59. The molecule has 0 saturated carbocycles. The number of pyridine rings is 1. The summed E-state index contributed by atoms with van der Waals surface area (Å²) in [5.74, 6) is 1.30. The van der Waals surface area contributed by atoms with E-state index in [1.165, 1.54) is 0 Å². The highest BCUT2D eigenvalue weighted by molar-refractivity contribution is 9.10. The fourth-order valence-corrected chi connectivity index (χ4v) is 3.55. The van der Waals surface area contributed by atoms with Crippen LogP contribution in [0.25, 0.3) is 0 Å². The van der Waals surface area contributed by atoms with Crippen molar-refractivity contribution in [1.29, 1.82) is 0 Å². The van der Waals surface area contributed by atoms with Gasteiger partial charge in [0.1, 0.15) is 10.8 Å². The number of likely N-dealkylation sites (tertiary alicyclic amines) is 1. The van der Waals surface area contributed by atoms with E-state index >= 15 is 0 Å². The second-order valence-corrected chi connectivity index (χ2v) is 7.47. The molecule has 4 nitrogen and oxygen atoms in total. The zero-order valence-electron chi connectivity index (χ0n) is 13.8. The van der Waals surface area contributed by atoms with Gasteiger partial charge in [0.25, 0.3) is 0 Å². The molecule has 1 aromatic heterocycles. The lowest BCUT2D eigenvalue weighted by atomic mass is 9.97. The summed E-state index contributed by atoms with van der Waals surface area (Å²) in [6.45, 7) is 2.18. The average molecular weight is 424 g/mol. The highest BCUT2D eigenvalue weighted by Gasteiger charge is 2.23. The first-order valence-electron chi connectivity index (χ1n) is 8.37. The summed E-state index contributed by atoms with van der Waals surface area (Å²) < 4.78 is 6.79. The van der Waals surface area contributed by atoms with E-state index in [1.54, 1.807) is 18.5 Å². The van der Waals surface area contributed by atoms with Crippen molar-refractivity contribution in [2.24, 2.45) is 5.92 Å². The fourth-order valence-electron chi connectivity index (χ4n) is 2.95. The zero-order valence-corrected chi connectivity index (χ0v) is 16.2. The highest BCUT2D eigenvalue weighted by atomic mass is 79.9. The van der Waals surface area contributed by atoms with Crippen molar-refractivity contribution in [3.63, 3.8) is 0 Å². The van der Waals surface area contributed by atoms with Crippen LogP contribution in [0.1, 0.15) is 18.4 Å². The van der Waals surface area contributed by atoms with Gasteiger partial charge in [-0.05, 0) is 30.4 Å². The van der Waals surface area contributed by atoms with Gasteiger partial charge in [-0.1, -0.05) is 45.7 Å². The van der Waals surface area contributed by atoms with Crippen LogP contribution in [0.3, 0.4) is 0 Å². The molecular weight excluding hydrogens is 404 g/mol. The van der Waals surface area contributed by atoms with E-state index in [0.29, 0.717) is 29.7 Å². The van der Waals surface area contributed by atoms with Gasteiger partial charge in [0, 0.05) is 36.0 Å². The molecule has 0 aliphatic carbocycles. The summed E-state index contributed by atoms with van der Waals surface area (Å²) in [5.41, 5.74) is 1.03. The fraction of sp³-hybridized carbons (Fsp3) is 0.368. The molecule has 2 aromatic rings. The number of benzene rings is 1. The van der Waals surface area contributed by atoms with Gasteiger partial charge in [0.05, 0.1) is 13.0 Å². The van der Waals surface area contributed by atoms with E-state index in [2.05, 4.69) is 20.9 Å². The molecule has 1 fully saturated rings. The molecule has 3 rings (SSSR count). The van der Waals surface area contributed by atoms with Crippen molar-refractivity contribution in [2.45, 2.75) is 19.3 Å².